The van der Waals surface area contributed by atoms with Gasteiger partial charge in [0.1, 0.15) is 5.76 Å². The maximum atomic E-state index is 5.70. The summed E-state index contributed by atoms with van der Waals surface area (Å²) in [6.07, 6.45) is 5.86. The zero-order chi connectivity index (χ0) is 15.5. The van der Waals surface area contributed by atoms with Gasteiger partial charge in [-0.3, -0.25) is 4.90 Å². The average Bonchev–Trinajstić information content (AvgIpc) is 2.78. The van der Waals surface area contributed by atoms with Crippen molar-refractivity contribution >= 4 is 0 Å². The van der Waals surface area contributed by atoms with Crippen LogP contribution in [0.2, 0.25) is 0 Å². The van der Waals surface area contributed by atoms with Gasteiger partial charge < -0.3 is 14.6 Å². The first-order valence-corrected chi connectivity index (χ1v) is 8.07. The van der Waals surface area contributed by atoms with Gasteiger partial charge in [0, 0.05) is 30.2 Å². The molecule has 1 fully saturated rings. The molecule has 4 nitrogen and oxygen atoms in total. The summed E-state index contributed by atoms with van der Waals surface area (Å²) < 4.78 is 5.70. The third kappa shape index (κ3) is 4.31. The Balaban J connectivity index is 1.84. The van der Waals surface area contributed by atoms with Crippen LogP contribution in [-0.4, -0.2) is 49.1 Å². The van der Waals surface area contributed by atoms with E-state index in [0.717, 1.165) is 25.4 Å². The van der Waals surface area contributed by atoms with Gasteiger partial charge in [0.15, 0.2) is 0 Å². The van der Waals surface area contributed by atoms with Crippen LogP contribution in [0.15, 0.2) is 16.7 Å². The number of nitrogens with one attached hydrogen (secondary N) is 1. The zero-order valence-corrected chi connectivity index (χ0v) is 14.3. The van der Waals surface area contributed by atoms with Gasteiger partial charge in [-0.15, -0.1) is 0 Å². The summed E-state index contributed by atoms with van der Waals surface area (Å²) in [5.41, 5.74) is 1.61. The summed E-state index contributed by atoms with van der Waals surface area (Å²) in [5.74, 6) is 1.06. The molecule has 0 aliphatic heterocycles. The highest BCUT2D eigenvalue weighted by molar-refractivity contribution is 5.13. The van der Waals surface area contributed by atoms with E-state index in [-0.39, 0.29) is 0 Å². The van der Waals surface area contributed by atoms with Gasteiger partial charge in [0.05, 0.1) is 12.8 Å². The second-order valence-electron chi connectivity index (χ2n) is 7.10. The normalized spacial score (nSPS) is 17.7. The van der Waals surface area contributed by atoms with Crippen LogP contribution in [0.5, 0.6) is 0 Å². The molecule has 0 aromatic carbocycles. The molecular formula is C17H31N3O. The second-order valence-corrected chi connectivity index (χ2v) is 7.10. The molecule has 1 N–H and O–H groups in total. The first kappa shape index (κ1) is 16.5. The largest absolute Gasteiger partial charge is 0.468 e. The molecule has 0 bridgehead atoms. The smallest absolute Gasteiger partial charge is 0.118 e. The van der Waals surface area contributed by atoms with Gasteiger partial charge in [0.2, 0.25) is 0 Å². The Hall–Kier alpha value is -0.840. The molecule has 0 saturated heterocycles. The monoisotopic (exact) mass is 293 g/mol. The van der Waals surface area contributed by atoms with Crippen LogP contribution in [0.1, 0.15) is 44.4 Å². The summed E-state index contributed by atoms with van der Waals surface area (Å²) >= 11 is 0. The Morgan fingerprint density at radius 2 is 2.00 bits per heavy atom. The molecular weight excluding hydrogens is 262 g/mol. The predicted octanol–water partition coefficient (Wildman–Crippen LogP) is 2.69. The van der Waals surface area contributed by atoms with E-state index in [1.54, 1.807) is 0 Å². The van der Waals surface area contributed by atoms with Crippen molar-refractivity contribution in [3.05, 3.63) is 23.7 Å². The van der Waals surface area contributed by atoms with Crippen molar-refractivity contribution in [3.63, 3.8) is 0 Å². The lowest BCUT2D eigenvalue weighted by Gasteiger charge is -2.49. The van der Waals surface area contributed by atoms with Crippen molar-refractivity contribution in [1.29, 1.82) is 0 Å². The molecule has 0 radical (unpaired) electrons. The summed E-state index contributed by atoms with van der Waals surface area (Å²) in [4.78, 5) is 4.78. The summed E-state index contributed by atoms with van der Waals surface area (Å²) in [5, 5.41) is 3.42. The molecule has 4 heteroatoms. The van der Waals surface area contributed by atoms with Gasteiger partial charge in [-0.2, -0.15) is 0 Å². The molecule has 21 heavy (non-hydrogen) atoms. The van der Waals surface area contributed by atoms with Crippen LogP contribution in [0.3, 0.4) is 0 Å². The van der Waals surface area contributed by atoms with Gasteiger partial charge in [-0.25, -0.2) is 0 Å². The van der Waals surface area contributed by atoms with Crippen LogP contribution >= 0.6 is 0 Å². The van der Waals surface area contributed by atoms with Crippen LogP contribution in [0, 0.1) is 0 Å². The molecule has 0 spiro atoms. The van der Waals surface area contributed by atoms with Crippen molar-refractivity contribution in [1.82, 2.24) is 15.1 Å². The first-order chi connectivity index (χ1) is 9.91. The number of hydrogen-bond acceptors (Lipinski definition) is 4. The Labute approximate surface area is 129 Å². The minimum absolute atomic E-state index is 0.378. The highest BCUT2D eigenvalue weighted by Gasteiger charge is 2.39. The lowest BCUT2D eigenvalue weighted by Crippen LogP contribution is -2.56. The third-order valence-electron chi connectivity index (χ3n) is 4.65. The molecule has 2 rings (SSSR count). The molecule has 1 saturated carbocycles. The minimum Gasteiger partial charge on any atom is -0.468 e. The zero-order valence-electron chi connectivity index (χ0n) is 14.3. The van der Waals surface area contributed by atoms with E-state index in [2.05, 4.69) is 56.2 Å². The maximum Gasteiger partial charge on any atom is 0.118 e. The van der Waals surface area contributed by atoms with Crippen LogP contribution in [0.25, 0.3) is 0 Å². The second kappa shape index (κ2) is 6.95. The maximum absolute atomic E-state index is 5.70. The van der Waals surface area contributed by atoms with Crippen LogP contribution in [-0.2, 0) is 13.1 Å². The minimum atomic E-state index is 0.378. The third-order valence-corrected chi connectivity index (χ3v) is 4.65. The number of nitrogens with zero attached hydrogens (tertiary/aromatic N) is 2. The molecule has 1 aromatic rings. The van der Waals surface area contributed by atoms with Crippen molar-refractivity contribution in [2.75, 3.05) is 27.7 Å². The summed E-state index contributed by atoms with van der Waals surface area (Å²) in [6, 6.07) is 2.68. The molecule has 0 atom stereocenters. The Bertz CT molecular complexity index is 435. The van der Waals surface area contributed by atoms with Gasteiger partial charge in [-0.1, -0.05) is 13.8 Å². The van der Waals surface area contributed by atoms with Crippen molar-refractivity contribution in [3.8, 4) is 0 Å². The van der Waals surface area contributed by atoms with Crippen molar-refractivity contribution in [2.24, 2.45) is 0 Å². The molecule has 0 amide bonds. The van der Waals surface area contributed by atoms with Gasteiger partial charge in [-0.05, 0) is 46.5 Å². The number of likely N-dealkylation sites (N-methyl/N-ethyl adjacent to an activating group) is 2. The van der Waals surface area contributed by atoms with E-state index in [0.29, 0.717) is 11.6 Å². The summed E-state index contributed by atoms with van der Waals surface area (Å²) in [6.45, 7) is 7.20. The van der Waals surface area contributed by atoms with Crippen molar-refractivity contribution < 1.29 is 4.42 Å². The SMILES string of the molecule is CC(C)NCc1coc(CN(C)CC2(N(C)C)CCC2)c1. The topological polar surface area (TPSA) is 31.7 Å². The van der Waals surface area contributed by atoms with E-state index in [1.807, 2.05) is 6.26 Å². The predicted molar refractivity (Wildman–Crippen MR) is 87.3 cm³/mol. The molecule has 1 heterocycles. The fraction of sp³-hybridized carbons (Fsp3) is 0.765. The van der Waals surface area contributed by atoms with Crippen LogP contribution < -0.4 is 5.32 Å². The van der Waals surface area contributed by atoms with Crippen molar-refractivity contribution in [2.45, 2.75) is 57.8 Å². The molecule has 0 unspecified atom stereocenters. The Morgan fingerprint density at radius 1 is 1.29 bits per heavy atom. The summed E-state index contributed by atoms with van der Waals surface area (Å²) in [7, 11) is 6.60. The Kier molecular flexibility index (Phi) is 5.47. The van der Waals surface area contributed by atoms with Gasteiger partial charge in [0.25, 0.3) is 0 Å². The molecule has 1 aliphatic rings. The van der Waals surface area contributed by atoms with E-state index in [4.69, 9.17) is 4.42 Å². The standard InChI is InChI=1S/C17H31N3O/c1-14(2)18-10-15-9-16(21-12-15)11-20(5)13-17(19(3)4)7-6-8-17/h9,12,14,18H,6-8,10-11,13H2,1-5H3. The quantitative estimate of drug-likeness (QED) is 0.798. The fourth-order valence-corrected chi connectivity index (χ4v) is 3.08. The van der Waals surface area contributed by atoms with E-state index in [1.165, 1.54) is 24.8 Å². The molecule has 1 aliphatic carbocycles. The first-order valence-electron chi connectivity index (χ1n) is 8.07. The number of furan rings is 1. The van der Waals surface area contributed by atoms with Gasteiger partial charge >= 0.3 is 0 Å². The van der Waals surface area contributed by atoms with Crippen LogP contribution in [0.4, 0.5) is 0 Å². The van der Waals surface area contributed by atoms with E-state index >= 15 is 0 Å². The Morgan fingerprint density at radius 3 is 2.52 bits per heavy atom. The highest BCUT2D eigenvalue weighted by Crippen LogP contribution is 2.36. The average molecular weight is 293 g/mol. The van der Waals surface area contributed by atoms with E-state index < -0.39 is 0 Å². The highest BCUT2D eigenvalue weighted by atomic mass is 16.3. The number of hydrogen-bond donors (Lipinski definition) is 1. The lowest BCUT2D eigenvalue weighted by atomic mass is 9.75. The lowest BCUT2D eigenvalue weighted by molar-refractivity contribution is 0.0244. The van der Waals surface area contributed by atoms with E-state index in [9.17, 15) is 0 Å². The molecule has 1 aromatic heterocycles. The molecule has 120 valence electrons. The number of rotatable bonds is 8. The fourth-order valence-electron chi connectivity index (χ4n) is 3.08.